The van der Waals surface area contributed by atoms with E-state index in [2.05, 4.69) is 27.3 Å². The minimum atomic E-state index is -1.15. The molecule has 2 aliphatic heterocycles. The number of hydrogen-bond donors (Lipinski definition) is 4. The molecule has 4 amide bonds. The van der Waals surface area contributed by atoms with Crippen LogP contribution in [0.2, 0.25) is 0 Å². The third-order valence-corrected chi connectivity index (χ3v) is 5.15. The van der Waals surface area contributed by atoms with Gasteiger partial charge in [-0.1, -0.05) is 36.4 Å². The lowest BCUT2D eigenvalue weighted by atomic mass is 9.92. The van der Waals surface area contributed by atoms with E-state index in [1.54, 1.807) is 31.2 Å². The second kappa shape index (κ2) is 6.51. The third kappa shape index (κ3) is 3.17. The number of amides is 4. The van der Waals surface area contributed by atoms with E-state index in [1.807, 2.05) is 18.2 Å². The van der Waals surface area contributed by atoms with Crippen molar-refractivity contribution in [3.8, 4) is 0 Å². The van der Waals surface area contributed by atoms with Crippen LogP contribution in [0.5, 0.6) is 0 Å². The van der Waals surface area contributed by atoms with Crippen LogP contribution in [0, 0.1) is 0 Å². The molecule has 4 N–H and O–H groups in total. The predicted molar refractivity (Wildman–Crippen MR) is 99.9 cm³/mol. The second-order valence-corrected chi connectivity index (χ2v) is 7.01. The standard InChI is InChI=1S/C20H20N4O3/c1-20(18(26)23-19(27)24-20)14-7-4-8-15(10-14)22-17(25)16-9-12-5-2-3-6-13(12)11-21-16/h2-8,10,16,21H,9,11H2,1H3,(H,22,25)(H2,23,24,26,27). The molecular formula is C20H20N4O3. The van der Waals surface area contributed by atoms with Gasteiger partial charge in [0, 0.05) is 12.2 Å². The van der Waals surface area contributed by atoms with Gasteiger partial charge >= 0.3 is 6.03 Å². The minimum absolute atomic E-state index is 0.133. The number of anilines is 1. The van der Waals surface area contributed by atoms with Crippen molar-refractivity contribution in [2.24, 2.45) is 0 Å². The smallest absolute Gasteiger partial charge is 0.322 e. The number of hydrogen-bond acceptors (Lipinski definition) is 4. The monoisotopic (exact) mass is 364 g/mol. The summed E-state index contributed by atoms with van der Waals surface area (Å²) in [6.07, 6.45) is 0.623. The van der Waals surface area contributed by atoms with Crippen molar-refractivity contribution in [1.29, 1.82) is 0 Å². The van der Waals surface area contributed by atoms with E-state index in [4.69, 9.17) is 0 Å². The fraction of sp³-hybridized carbons (Fsp3) is 0.250. The molecule has 2 unspecified atom stereocenters. The molecule has 0 spiro atoms. The van der Waals surface area contributed by atoms with Gasteiger partial charge in [-0.25, -0.2) is 4.79 Å². The maximum absolute atomic E-state index is 12.7. The number of imide groups is 1. The van der Waals surface area contributed by atoms with Crippen LogP contribution >= 0.6 is 0 Å². The quantitative estimate of drug-likeness (QED) is 0.619. The minimum Gasteiger partial charge on any atom is -0.325 e. The molecule has 0 saturated carbocycles. The van der Waals surface area contributed by atoms with Gasteiger partial charge in [-0.15, -0.1) is 0 Å². The second-order valence-electron chi connectivity index (χ2n) is 7.01. The Balaban J connectivity index is 1.50. The summed E-state index contributed by atoms with van der Waals surface area (Å²) in [5, 5.41) is 11.0. The molecule has 2 aromatic rings. The first-order valence-corrected chi connectivity index (χ1v) is 8.81. The van der Waals surface area contributed by atoms with E-state index >= 15 is 0 Å². The zero-order chi connectivity index (χ0) is 19.0. The molecule has 27 heavy (non-hydrogen) atoms. The molecule has 4 rings (SSSR count). The van der Waals surface area contributed by atoms with E-state index in [9.17, 15) is 14.4 Å². The first kappa shape index (κ1) is 17.2. The Morgan fingerprint density at radius 3 is 2.63 bits per heavy atom. The summed E-state index contributed by atoms with van der Waals surface area (Å²) in [5.74, 6) is -0.548. The van der Waals surface area contributed by atoms with Gasteiger partial charge in [0.1, 0.15) is 5.54 Å². The lowest BCUT2D eigenvalue weighted by molar-refractivity contribution is -0.123. The zero-order valence-corrected chi connectivity index (χ0v) is 14.8. The first-order chi connectivity index (χ1) is 13.0. The highest BCUT2D eigenvalue weighted by Gasteiger charge is 2.43. The zero-order valence-electron chi connectivity index (χ0n) is 14.8. The molecular weight excluding hydrogens is 344 g/mol. The summed E-state index contributed by atoms with van der Waals surface area (Å²) in [6.45, 7) is 2.28. The van der Waals surface area contributed by atoms with Crippen LogP contribution in [-0.2, 0) is 28.1 Å². The molecule has 7 nitrogen and oxygen atoms in total. The summed E-state index contributed by atoms with van der Waals surface area (Å²) in [6, 6.07) is 14.2. The largest absolute Gasteiger partial charge is 0.325 e. The number of fused-ring (bicyclic) bond motifs is 1. The van der Waals surface area contributed by atoms with Gasteiger partial charge in [0.25, 0.3) is 5.91 Å². The first-order valence-electron chi connectivity index (χ1n) is 8.81. The number of benzene rings is 2. The fourth-order valence-corrected chi connectivity index (χ4v) is 3.52. The van der Waals surface area contributed by atoms with Crippen LogP contribution in [0.25, 0.3) is 0 Å². The normalized spacial score (nSPS) is 24.0. The van der Waals surface area contributed by atoms with E-state index in [1.165, 1.54) is 11.1 Å². The molecule has 1 saturated heterocycles. The Hall–Kier alpha value is -3.19. The summed E-state index contributed by atoms with van der Waals surface area (Å²) in [4.78, 5) is 36.3. The Morgan fingerprint density at radius 1 is 1.11 bits per heavy atom. The van der Waals surface area contributed by atoms with Gasteiger partial charge in [0.2, 0.25) is 5.91 Å². The molecule has 0 radical (unpaired) electrons. The maximum Gasteiger partial charge on any atom is 0.322 e. The number of nitrogens with one attached hydrogen (secondary N) is 4. The fourth-order valence-electron chi connectivity index (χ4n) is 3.52. The SMILES string of the molecule is CC1(c2cccc(NC(=O)C3Cc4ccccc4CN3)c2)NC(=O)NC1=O. The highest BCUT2D eigenvalue weighted by molar-refractivity contribution is 6.07. The van der Waals surface area contributed by atoms with E-state index in [0.29, 0.717) is 24.2 Å². The van der Waals surface area contributed by atoms with Crippen molar-refractivity contribution < 1.29 is 14.4 Å². The van der Waals surface area contributed by atoms with Crippen molar-refractivity contribution in [1.82, 2.24) is 16.0 Å². The van der Waals surface area contributed by atoms with Crippen molar-refractivity contribution in [2.45, 2.75) is 31.5 Å². The van der Waals surface area contributed by atoms with Gasteiger partial charge in [-0.3, -0.25) is 14.9 Å². The predicted octanol–water partition coefficient (Wildman–Crippen LogP) is 1.39. The molecule has 2 aromatic carbocycles. The molecule has 0 aliphatic carbocycles. The summed E-state index contributed by atoms with van der Waals surface area (Å²) < 4.78 is 0. The summed E-state index contributed by atoms with van der Waals surface area (Å²) in [7, 11) is 0. The molecule has 0 aromatic heterocycles. The van der Waals surface area contributed by atoms with Crippen LogP contribution in [0.3, 0.4) is 0 Å². The molecule has 2 heterocycles. The Labute approximate surface area is 156 Å². The lowest BCUT2D eigenvalue weighted by Gasteiger charge is -2.26. The van der Waals surface area contributed by atoms with Crippen LogP contribution in [0.1, 0.15) is 23.6 Å². The summed E-state index contributed by atoms with van der Waals surface area (Å²) in [5.41, 5.74) is 2.40. The van der Waals surface area contributed by atoms with Crippen LogP contribution in [0.4, 0.5) is 10.5 Å². The summed E-state index contributed by atoms with van der Waals surface area (Å²) >= 11 is 0. The van der Waals surface area contributed by atoms with Crippen molar-refractivity contribution in [3.05, 3.63) is 65.2 Å². The Kier molecular flexibility index (Phi) is 4.16. The molecule has 2 aliphatic rings. The van der Waals surface area contributed by atoms with E-state index < -0.39 is 17.5 Å². The lowest BCUT2D eigenvalue weighted by Crippen LogP contribution is -2.44. The number of rotatable bonds is 3. The van der Waals surface area contributed by atoms with Crippen LogP contribution in [0.15, 0.2) is 48.5 Å². The number of carbonyl (C=O) groups is 3. The van der Waals surface area contributed by atoms with E-state index in [-0.39, 0.29) is 11.9 Å². The number of urea groups is 1. The topological polar surface area (TPSA) is 99.3 Å². The van der Waals surface area contributed by atoms with Crippen LogP contribution < -0.4 is 21.3 Å². The number of carbonyl (C=O) groups excluding carboxylic acids is 3. The Bertz CT molecular complexity index is 942. The maximum atomic E-state index is 12.7. The van der Waals surface area contributed by atoms with Gasteiger partial charge in [0.05, 0.1) is 6.04 Å². The van der Waals surface area contributed by atoms with Crippen molar-refractivity contribution >= 4 is 23.5 Å². The van der Waals surface area contributed by atoms with Gasteiger partial charge in [0.15, 0.2) is 0 Å². The average molecular weight is 364 g/mol. The molecule has 2 atom stereocenters. The third-order valence-electron chi connectivity index (χ3n) is 5.15. The molecule has 138 valence electrons. The van der Waals surface area contributed by atoms with Crippen LogP contribution in [-0.4, -0.2) is 23.9 Å². The highest BCUT2D eigenvalue weighted by atomic mass is 16.2. The highest BCUT2D eigenvalue weighted by Crippen LogP contribution is 2.26. The van der Waals surface area contributed by atoms with E-state index in [0.717, 1.165) is 0 Å². The van der Waals surface area contributed by atoms with Crippen molar-refractivity contribution in [2.75, 3.05) is 5.32 Å². The van der Waals surface area contributed by atoms with Gasteiger partial charge in [-0.2, -0.15) is 0 Å². The molecule has 0 bridgehead atoms. The molecule has 7 heteroatoms. The van der Waals surface area contributed by atoms with Crippen molar-refractivity contribution in [3.63, 3.8) is 0 Å². The average Bonchev–Trinajstić information content (AvgIpc) is 2.94. The van der Waals surface area contributed by atoms with Gasteiger partial charge < -0.3 is 16.0 Å². The molecule has 1 fully saturated rings. The Morgan fingerprint density at radius 2 is 1.89 bits per heavy atom. The van der Waals surface area contributed by atoms with Gasteiger partial charge in [-0.05, 0) is 42.2 Å².